The third-order valence-electron chi connectivity index (χ3n) is 6.69. The van der Waals surface area contributed by atoms with Crippen molar-refractivity contribution in [3.63, 3.8) is 0 Å². The first-order valence-electron chi connectivity index (χ1n) is 11.6. The first-order chi connectivity index (χ1) is 16.6. The zero-order chi connectivity index (χ0) is 23.1. The summed E-state index contributed by atoms with van der Waals surface area (Å²) >= 11 is 0. The molecule has 6 heterocycles. The number of hydrogen-bond acceptors (Lipinski definition) is 6. The average Bonchev–Trinajstić information content (AvgIpc) is 3.54. The molecule has 0 aliphatic carbocycles. The number of hydrogen-bond donors (Lipinski definition) is 1. The van der Waals surface area contributed by atoms with E-state index < -0.39 is 0 Å². The van der Waals surface area contributed by atoms with Gasteiger partial charge in [0.2, 0.25) is 0 Å². The Morgan fingerprint density at radius 1 is 1.00 bits per heavy atom. The highest BCUT2D eigenvalue weighted by atomic mass is 16.1. The van der Waals surface area contributed by atoms with Gasteiger partial charge in [-0.15, -0.1) is 0 Å². The van der Waals surface area contributed by atoms with Crippen LogP contribution in [-0.4, -0.2) is 60.5 Å². The minimum absolute atomic E-state index is 0.0252. The number of H-pyrrole nitrogens is 1. The van der Waals surface area contributed by atoms with Gasteiger partial charge in [0.05, 0.1) is 35.9 Å². The van der Waals surface area contributed by atoms with Crippen LogP contribution in [0.15, 0.2) is 61.4 Å². The van der Waals surface area contributed by atoms with E-state index in [1.165, 1.54) is 0 Å². The summed E-state index contributed by atoms with van der Waals surface area (Å²) in [7, 11) is 2.14. The molecule has 0 spiro atoms. The van der Waals surface area contributed by atoms with Gasteiger partial charge in [0, 0.05) is 52.4 Å². The molecule has 34 heavy (non-hydrogen) atoms. The maximum atomic E-state index is 13.0. The van der Waals surface area contributed by atoms with Gasteiger partial charge in [0.25, 0.3) is 0 Å². The number of carbonyl (C=O) groups excluding carboxylic acids is 1. The molecule has 0 amide bonds. The van der Waals surface area contributed by atoms with Gasteiger partial charge in [-0.3, -0.25) is 19.4 Å². The quantitative estimate of drug-likeness (QED) is 0.405. The van der Waals surface area contributed by atoms with Crippen molar-refractivity contribution >= 4 is 27.7 Å². The normalized spacial score (nSPS) is 15.3. The van der Waals surface area contributed by atoms with E-state index >= 15 is 0 Å². The van der Waals surface area contributed by atoms with Crippen LogP contribution in [0.25, 0.3) is 33.1 Å². The molecule has 1 fully saturated rings. The number of piperidine rings is 1. The van der Waals surface area contributed by atoms with Crippen molar-refractivity contribution in [1.82, 2.24) is 34.6 Å². The molecule has 6 rings (SSSR count). The van der Waals surface area contributed by atoms with E-state index in [1.54, 1.807) is 12.4 Å². The van der Waals surface area contributed by atoms with E-state index in [-0.39, 0.29) is 12.2 Å². The van der Waals surface area contributed by atoms with Gasteiger partial charge in [-0.1, -0.05) is 0 Å². The second kappa shape index (κ2) is 8.46. The summed E-state index contributed by atoms with van der Waals surface area (Å²) in [6.45, 7) is 2.11. The molecule has 1 aliphatic heterocycles. The second-order valence-corrected chi connectivity index (χ2v) is 9.08. The van der Waals surface area contributed by atoms with Crippen molar-refractivity contribution < 1.29 is 4.79 Å². The monoisotopic (exact) mass is 451 g/mol. The van der Waals surface area contributed by atoms with E-state index in [0.717, 1.165) is 64.7 Å². The molecule has 170 valence electrons. The lowest BCUT2D eigenvalue weighted by molar-refractivity contribution is 0.0991. The van der Waals surface area contributed by atoms with Crippen LogP contribution >= 0.6 is 0 Å². The average molecular weight is 452 g/mol. The Labute approximate surface area is 196 Å². The van der Waals surface area contributed by atoms with E-state index in [9.17, 15) is 4.79 Å². The van der Waals surface area contributed by atoms with Crippen molar-refractivity contribution in [2.45, 2.75) is 25.3 Å². The molecule has 5 aromatic rings. The third-order valence-corrected chi connectivity index (χ3v) is 6.69. The number of ketones is 1. The first kappa shape index (κ1) is 20.7. The molecule has 0 aromatic carbocycles. The van der Waals surface area contributed by atoms with Crippen LogP contribution in [0, 0.1) is 0 Å². The van der Waals surface area contributed by atoms with E-state index in [2.05, 4.69) is 49.1 Å². The van der Waals surface area contributed by atoms with E-state index in [1.807, 2.05) is 41.6 Å². The van der Waals surface area contributed by atoms with Gasteiger partial charge in [0.15, 0.2) is 5.78 Å². The highest BCUT2D eigenvalue weighted by Gasteiger charge is 2.20. The fraction of sp³-hybridized carbons (Fsp3) is 0.269. The number of pyridine rings is 3. The topological polar surface area (TPSA) is 92.6 Å². The molecule has 0 radical (unpaired) electrons. The Hall–Kier alpha value is -3.91. The Morgan fingerprint density at radius 2 is 1.79 bits per heavy atom. The molecule has 5 aromatic heterocycles. The smallest absolute Gasteiger partial charge is 0.171 e. The fourth-order valence-corrected chi connectivity index (χ4v) is 4.64. The summed E-state index contributed by atoms with van der Waals surface area (Å²) in [5.41, 5.74) is 5.00. The maximum absolute atomic E-state index is 13.0. The number of nitrogens with zero attached hydrogens (tertiary/aromatic N) is 6. The molecular weight excluding hydrogens is 426 g/mol. The lowest BCUT2D eigenvalue weighted by Crippen LogP contribution is -2.31. The summed E-state index contributed by atoms with van der Waals surface area (Å²) in [6.07, 6.45) is 13.2. The molecule has 0 saturated carbocycles. The van der Waals surface area contributed by atoms with Crippen LogP contribution in [-0.2, 0) is 6.42 Å². The lowest BCUT2D eigenvalue weighted by Gasteiger charge is -2.28. The number of Topliss-reactive ketones (excluding diaryl/α,β-unsaturated/α-hetero) is 1. The SMILES string of the molecule is CN1CCC(n2cc(C(=O)Cc3cc4cc(-c5cnc6[nH]ccc6c5)cnc4cn3)cn2)CC1. The number of nitrogens with one attached hydrogen (secondary N) is 1. The lowest BCUT2D eigenvalue weighted by atomic mass is 10.0. The summed E-state index contributed by atoms with van der Waals surface area (Å²) in [4.78, 5) is 31.9. The Balaban J connectivity index is 1.22. The molecule has 0 bridgehead atoms. The van der Waals surface area contributed by atoms with E-state index in [4.69, 9.17) is 0 Å². The number of carbonyl (C=O) groups is 1. The zero-order valence-corrected chi connectivity index (χ0v) is 19.0. The summed E-state index contributed by atoms with van der Waals surface area (Å²) < 4.78 is 1.96. The molecule has 0 unspecified atom stereocenters. The van der Waals surface area contributed by atoms with Crippen LogP contribution in [0.3, 0.4) is 0 Å². The van der Waals surface area contributed by atoms with Gasteiger partial charge in [0.1, 0.15) is 5.65 Å². The fourth-order valence-electron chi connectivity index (χ4n) is 4.64. The van der Waals surface area contributed by atoms with Crippen molar-refractivity contribution in [3.05, 3.63) is 72.7 Å². The van der Waals surface area contributed by atoms with Crippen LogP contribution in [0.5, 0.6) is 0 Å². The molecule has 8 nitrogen and oxygen atoms in total. The molecule has 8 heteroatoms. The zero-order valence-electron chi connectivity index (χ0n) is 19.0. The standard InChI is InChI=1S/C26H25N7O/c1-32-6-3-23(4-7-32)33-16-21(14-31-33)25(34)11-22-10-18-9-20(12-29-24(18)15-28-22)19-8-17-2-5-27-26(17)30-13-19/h2,5,8-10,12-16,23H,3-4,6-7,11H2,1H3,(H,27,30). The summed E-state index contributed by atoms with van der Waals surface area (Å²) in [6, 6.07) is 8.48. The second-order valence-electron chi connectivity index (χ2n) is 9.08. The van der Waals surface area contributed by atoms with Gasteiger partial charge in [-0.05, 0) is 57.2 Å². The van der Waals surface area contributed by atoms with Crippen LogP contribution in [0.4, 0.5) is 0 Å². The van der Waals surface area contributed by atoms with Crippen LogP contribution in [0.2, 0.25) is 0 Å². The highest BCUT2D eigenvalue weighted by Crippen LogP contribution is 2.25. The predicted molar refractivity (Wildman–Crippen MR) is 131 cm³/mol. The number of rotatable bonds is 5. The van der Waals surface area contributed by atoms with Crippen LogP contribution < -0.4 is 0 Å². The Morgan fingerprint density at radius 3 is 2.65 bits per heavy atom. The van der Waals surface area contributed by atoms with Crippen molar-refractivity contribution in [1.29, 1.82) is 0 Å². The summed E-state index contributed by atoms with van der Waals surface area (Å²) in [5, 5.41) is 6.48. The number of aromatic amines is 1. The highest BCUT2D eigenvalue weighted by molar-refractivity contribution is 5.97. The van der Waals surface area contributed by atoms with Gasteiger partial charge >= 0.3 is 0 Å². The van der Waals surface area contributed by atoms with Gasteiger partial charge < -0.3 is 9.88 Å². The number of fused-ring (bicyclic) bond motifs is 2. The largest absolute Gasteiger partial charge is 0.346 e. The maximum Gasteiger partial charge on any atom is 0.171 e. The van der Waals surface area contributed by atoms with Gasteiger partial charge in [-0.2, -0.15) is 5.10 Å². The number of aromatic nitrogens is 6. The van der Waals surface area contributed by atoms with Crippen molar-refractivity contribution in [3.8, 4) is 11.1 Å². The van der Waals surface area contributed by atoms with Crippen LogP contribution in [0.1, 0.15) is 34.9 Å². The minimum Gasteiger partial charge on any atom is -0.346 e. The molecule has 0 atom stereocenters. The van der Waals surface area contributed by atoms with E-state index in [0.29, 0.717) is 11.6 Å². The first-order valence-corrected chi connectivity index (χ1v) is 11.6. The molecular formula is C26H25N7O. The van der Waals surface area contributed by atoms with Crippen molar-refractivity contribution in [2.24, 2.45) is 0 Å². The van der Waals surface area contributed by atoms with Gasteiger partial charge in [-0.25, -0.2) is 4.98 Å². The molecule has 1 aliphatic rings. The predicted octanol–water partition coefficient (Wildman–Crippen LogP) is 4.06. The minimum atomic E-state index is 0.0252. The number of likely N-dealkylation sites (tertiary alicyclic amines) is 1. The summed E-state index contributed by atoms with van der Waals surface area (Å²) in [5.74, 6) is 0.0252. The Bertz CT molecular complexity index is 1490. The van der Waals surface area contributed by atoms with Crippen molar-refractivity contribution in [2.75, 3.05) is 20.1 Å². The third kappa shape index (κ3) is 3.97. The molecule has 1 N–H and O–H groups in total. The Kier molecular flexibility index (Phi) is 5.15. The molecule has 1 saturated heterocycles.